The van der Waals surface area contributed by atoms with Gasteiger partial charge < -0.3 is 14.6 Å². The highest BCUT2D eigenvalue weighted by atomic mass is 32.1. The SMILES string of the molecule is O=C(O)c1ccc(C(O)c2cnns2)o1. The number of aliphatic hydroxyl groups is 1. The molecule has 0 bridgehead atoms. The smallest absolute Gasteiger partial charge is 0.371 e. The van der Waals surface area contributed by atoms with Crippen molar-refractivity contribution < 1.29 is 19.4 Å². The number of rotatable bonds is 3. The summed E-state index contributed by atoms with van der Waals surface area (Å²) in [7, 11) is 0. The molecule has 15 heavy (non-hydrogen) atoms. The lowest BCUT2D eigenvalue weighted by Crippen LogP contribution is -1.96. The van der Waals surface area contributed by atoms with Crippen LogP contribution in [0.15, 0.2) is 22.7 Å². The summed E-state index contributed by atoms with van der Waals surface area (Å²) in [6.07, 6.45) is 0.385. The van der Waals surface area contributed by atoms with Crippen LogP contribution in [0.4, 0.5) is 0 Å². The van der Waals surface area contributed by atoms with Crippen LogP contribution in [0.1, 0.15) is 27.3 Å². The summed E-state index contributed by atoms with van der Waals surface area (Å²) in [5.41, 5.74) is 0. The molecule has 0 fully saturated rings. The Labute approximate surface area is 88.0 Å². The van der Waals surface area contributed by atoms with Crippen LogP contribution in [0.3, 0.4) is 0 Å². The number of carboxylic acids is 1. The van der Waals surface area contributed by atoms with Crippen molar-refractivity contribution in [2.24, 2.45) is 0 Å². The first-order valence-electron chi connectivity index (χ1n) is 3.97. The van der Waals surface area contributed by atoms with Gasteiger partial charge in [-0.3, -0.25) is 0 Å². The number of hydrogen-bond acceptors (Lipinski definition) is 6. The summed E-state index contributed by atoms with van der Waals surface area (Å²) in [5.74, 6) is -1.21. The molecule has 0 aliphatic heterocycles. The van der Waals surface area contributed by atoms with Crippen molar-refractivity contribution in [3.8, 4) is 0 Å². The molecule has 0 saturated carbocycles. The predicted molar refractivity (Wildman–Crippen MR) is 49.6 cm³/mol. The molecule has 78 valence electrons. The zero-order valence-electron chi connectivity index (χ0n) is 7.32. The molecule has 7 heteroatoms. The Hall–Kier alpha value is -1.73. The molecule has 1 atom stereocenters. The van der Waals surface area contributed by atoms with E-state index in [1.165, 1.54) is 18.3 Å². The zero-order valence-corrected chi connectivity index (χ0v) is 8.14. The second kappa shape index (κ2) is 3.79. The number of hydrogen-bond donors (Lipinski definition) is 2. The van der Waals surface area contributed by atoms with Gasteiger partial charge in [0, 0.05) is 0 Å². The lowest BCUT2D eigenvalue weighted by atomic mass is 10.2. The molecule has 1 unspecified atom stereocenters. The highest BCUT2D eigenvalue weighted by molar-refractivity contribution is 7.05. The van der Waals surface area contributed by atoms with Gasteiger partial charge in [0.1, 0.15) is 11.9 Å². The Morgan fingerprint density at radius 3 is 2.87 bits per heavy atom. The van der Waals surface area contributed by atoms with Crippen LogP contribution >= 0.6 is 11.5 Å². The highest BCUT2D eigenvalue weighted by Gasteiger charge is 2.18. The van der Waals surface area contributed by atoms with Gasteiger partial charge in [-0.15, -0.1) is 5.10 Å². The number of aliphatic hydroxyl groups excluding tert-OH is 1. The summed E-state index contributed by atoms with van der Waals surface area (Å²) in [4.78, 5) is 11.0. The Morgan fingerprint density at radius 2 is 2.33 bits per heavy atom. The molecule has 0 aromatic carbocycles. The molecule has 0 radical (unpaired) electrons. The van der Waals surface area contributed by atoms with Crippen LogP contribution < -0.4 is 0 Å². The molecule has 0 aliphatic rings. The lowest BCUT2D eigenvalue weighted by molar-refractivity contribution is 0.0655. The average molecular weight is 226 g/mol. The van der Waals surface area contributed by atoms with E-state index in [9.17, 15) is 9.90 Å². The van der Waals surface area contributed by atoms with Gasteiger partial charge in [-0.1, -0.05) is 4.49 Å². The largest absolute Gasteiger partial charge is 0.475 e. The maximum Gasteiger partial charge on any atom is 0.371 e. The van der Waals surface area contributed by atoms with Gasteiger partial charge in [-0.2, -0.15) is 0 Å². The molecule has 0 amide bonds. The van der Waals surface area contributed by atoms with Gasteiger partial charge in [0.15, 0.2) is 0 Å². The first kappa shape index (κ1) is 9.81. The molecule has 6 nitrogen and oxygen atoms in total. The van der Waals surface area contributed by atoms with Crippen molar-refractivity contribution in [3.63, 3.8) is 0 Å². The lowest BCUT2D eigenvalue weighted by Gasteiger charge is -2.01. The minimum Gasteiger partial charge on any atom is -0.475 e. The first-order chi connectivity index (χ1) is 7.18. The van der Waals surface area contributed by atoms with Gasteiger partial charge in [0.2, 0.25) is 5.76 Å². The second-order valence-electron chi connectivity index (χ2n) is 2.73. The molecule has 2 heterocycles. The standard InChI is InChI=1S/C8H6N2O4S/c11-7(6-3-9-10-15-6)4-1-2-5(14-4)8(12)13/h1-3,7,11H,(H,12,13). The maximum atomic E-state index is 10.5. The van der Waals surface area contributed by atoms with E-state index in [2.05, 4.69) is 9.59 Å². The Morgan fingerprint density at radius 1 is 1.53 bits per heavy atom. The molecule has 2 N–H and O–H groups in total. The molecule has 0 saturated heterocycles. The van der Waals surface area contributed by atoms with Crippen LogP contribution in [0, 0.1) is 0 Å². The van der Waals surface area contributed by atoms with E-state index in [4.69, 9.17) is 9.52 Å². The van der Waals surface area contributed by atoms with E-state index in [0.29, 0.717) is 4.88 Å². The van der Waals surface area contributed by atoms with Crippen molar-refractivity contribution in [2.45, 2.75) is 6.10 Å². The summed E-state index contributed by atoms with van der Waals surface area (Å²) in [6.45, 7) is 0. The number of furan rings is 1. The molecule has 2 rings (SSSR count). The first-order valence-corrected chi connectivity index (χ1v) is 4.74. The fraction of sp³-hybridized carbons (Fsp3) is 0.125. The monoisotopic (exact) mass is 226 g/mol. The minimum atomic E-state index is -1.17. The number of aromatic carboxylic acids is 1. The average Bonchev–Trinajstić information content (AvgIpc) is 2.88. The maximum absolute atomic E-state index is 10.5. The molecule has 0 spiro atoms. The molecule has 2 aromatic rings. The summed E-state index contributed by atoms with van der Waals surface area (Å²) >= 11 is 1.02. The molecular weight excluding hydrogens is 220 g/mol. The quantitative estimate of drug-likeness (QED) is 0.807. The van der Waals surface area contributed by atoms with Crippen LogP contribution in [-0.4, -0.2) is 25.8 Å². The van der Waals surface area contributed by atoms with Gasteiger partial charge in [-0.05, 0) is 23.7 Å². The van der Waals surface area contributed by atoms with E-state index in [-0.39, 0.29) is 11.5 Å². The van der Waals surface area contributed by atoms with Crippen LogP contribution in [0.5, 0.6) is 0 Å². The number of nitrogens with zero attached hydrogens (tertiary/aromatic N) is 2. The normalized spacial score (nSPS) is 12.6. The predicted octanol–water partition coefficient (Wildman–Crippen LogP) is 0.911. The van der Waals surface area contributed by atoms with Gasteiger partial charge in [-0.25, -0.2) is 4.79 Å². The van der Waals surface area contributed by atoms with Gasteiger partial charge >= 0.3 is 5.97 Å². The number of aromatic nitrogens is 2. The summed E-state index contributed by atoms with van der Waals surface area (Å²) in [6, 6.07) is 2.70. The third-order valence-corrected chi connectivity index (χ3v) is 2.47. The van der Waals surface area contributed by atoms with E-state index in [1.54, 1.807) is 0 Å². The van der Waals surface area contributed by atoms with Crippen molar-refractivity contribution in [1.29, 1.82) is 0 Å². The Bertz CT molecular complexity index is 465. The number of carbonyl (C=O) groups is 1. The van der Waals surface area contributed by atoms with E-state index >= 15 is 0 Å². The summed E-state index contributed by atoms with van der Waals surface area (Å²) < 4.78 is 8.52. The van der Waals surface area contributed by atoms with E-state index in [0.717, 1.165) is 11.5 Å². The molecule has 2 aromatic heterocycles. The van der Waals surface area contributed by atoms with Crippen molar-refractivity contribution >= 4 is 17.5 Å². The van der Waals surface area contributed by atoms with E-state index < -0.39 is 12.1 Å². The Kier molecular flexibility index (Phi) is 2.48. The second-order valence-corrected chi connectivity index (χ2v) is 3.55. The van der Waals surface area contributed by atoms with Crippen molar-refractivity contribution in [3.05, 3.63) is 34.7 Å². The highest BCUT2D eigenvalue weighted by Crippen LogP contribution is 2.25. The zero-order chi connectivity index (χ0) is 10.8. The fourth-order valence-electron chi connectivity index (χ4n) is 1.05. The molecule has 0 aliphatic carbocycles. The van der Waals surface area contributed by atoms with Crippen molar-refractivity contribution in [2.75, 3.05) is 0 Å². The topological polar surface area (TPSA) is 96.5 Å². The van der Waals surface area contributed by atoms with Gasteiger partial charge in [0.05, 0.1) is 11.1 Å². The summed E-state index contributed by atoms with van der Waals surface area (Å²) in [5, 5.41) is 21.9. The Balaban J connectivity index is 2.26. The van der Waals surface area contributed by atoms with Gasteiger partial charge in [0.25, 0.3) is 0 Å². The van der Waals surface area contributed by atoms with E-state index in [1.807, 2.05) is 0 Å². The minimum absolute atomic E-state index is 0.165. The van der Waals surface area contributed by atoms with Crippen molar-refractivity contribution in [1.82, 2.24) is 9.59 Å². The fourth-order valence-corrected chi connectivity index (χ4v) is 1.55. The molecular formula is C8H6N2O4S. The number of carboxylic acid groups (broad SMARTS) is 1. The third kappa shape index (κ3) is 1.88. The van der Waals surface area contributed by atoms with Crippen LogP contribution in [0.2, 0.25) is 0 Å². The van der Waals surface area contributed by atoms with Crippen LogP contribution in [0.25, 0.3) is 0 Å². The van der Waals surface area contributed by atoms with Crippen LogP contribution in [-0.2, 0) is 0 Å². The third-order valence-electron chi connectivity index (χ3n) is 1.75.